The Balaban J connectivity index is 0.000000509. The van der Waals surface area contributed by atoms with Crippen LogP contribution in [0.2, 0.25) is 0 Å². The largest absolute Gasteiger partial charge is 0.317 e. The molecule has 0 atom stereocenters. The SMILES string of the molecule is CC.CC.CNC1CC2(CCN(C)CC2)C1. The van der Waals surface area contributed by atoms with Crippen LogP contribution in [0.4, 0.5) is 0 Å². The third-order valence-corrected chi connectivity index (χ3v) is 3.81. The maximum absolute atomic E-state index is 3.37. The Kier molecular flexibility index (Phi) is 8.04. The zero-order chi connectivity index (χ0) is 12.6. The van der Waals surface area contributed by atoms with Gasteiger partial charge in [0.25, 0.3) is 0 Å². The summed E-state index contributed by atoms with van der Waals surface area (Å²) < 4.78 is 0. The van der Waals surface area contributed by atoms with Crippen LogP contribution >= 0.6 is 0 Å². The van der Waals surface area contributed by atoms with Crippen LogP contribution in [0.15, 0.2) is 0 Å². The number of piperidine rings is 1. The Morgan fingerprint density at radius 2 is 1.44 bits per heavy atom. The third kappa shape index (κ3) is 4.06. The van der Waals surface area contributed by atoms with Gasteiger partial charge in [-0.3, -0.25) is 0 Å². The maximum atomic E-state index is 3.37. The van der Waals surface area contributed by atoms with E-state index < -0.39 is 0 Å². The molecule has 0 bridgehead atoms. The highest BCUT2D eigenvalue weighted by atomic mass is 15.1. The Morgan fingerprint density at radius 1 is 1.00 bits per heavy atom. The highest BCUT2D eigenvalue weighted by Crippen LogP contribution is 2.48. The Labute approximate surface area is 103 Å². The van der Waals surface area contributed by atoms with E-state index in [4.69, 9.17) is 0 Å². The molecule has 0 unspecified atom stereocenters. The second-order valence-electron chi connectivity index (χ2n) is 4.70. The lowest BCUT2D eigenvalue weighted by Crippen LogP contribution is -2.52. The van der Waals surface area contributed by atoms with Crippen molar-refractivity contribution in [1.29, 1.82) is 0 Å². The van der Waals surface area contributed by atoms with Crippen molar-refractivity contribution in [2.45, 2.75) is 59.4 Å². The van der Waals surface area contributed by atoms with Crippen LogP contribution in [-0.4, -0.2) is 38.1 Å². The van der Waals surface area contributed by atoms with Gasteiger partial charge >= 0.3 is 0 Å². The Bertz CT molecular complexity index is 145. The molecule has 0 amide bonds. The van der Waals surface area contributed by atoms with E-state index in [2.05, 4.69) is 24.3 Å². The van der Waals surface area contributed by atoms with E-state index in [9.17, 15) is 0 Å². The smallest absolute Gasteiger partial charge is 0.00746 e. The summed E-state index contributed by atoms with van der Waals surface area (Å²) >= 11 is 0. The van der Waals surface area contributed by atoms with Crippen molar-refractivity contribution < 1.29 is 0 Å². The van der Waals surface area contributed by atoms with Crippen LogP contribution in [0, 0.1) is 5.41 Å². The molecule has 2 fully saturated rings. The average molecular weight is 228 g/mol. The van der Waals surface area contributed by atoms with E-state index >= 15 is 0 Å². The van der Waals surface area contributed by atoms with Gasteiger partial charge in [0.2, 0.25) is 0 Å². The van der Waals surface area contributed by atoms with Gasteiger partial charge < -0.3 is 10.2 Å². The molecule has 2 aliphatic rings. The molecule has 1 aliphatic carbocycles. The van der Waals surface area contributed by atoms with Crippen LogP contribution < -0.4 is 5.32 Å². The van der Waals surface area contributed by atoms with Gasteiger partial charge in [0.15, 0.2) is 0 Å². The average Bonchev–Trinajstić information content (AvgIpc) is 2.33. The molecule has 0 aromatic rings. The van der Waals surface area contributed by atoms with Crippen LogP contribution in [0.25, 0.3) is 0 Å². The van der Waals surface area contributed by atoms with Crippen molar-refractivity contribution in [3.63, 3.8) is 0 Å². The van der Waals surface area contributed by atoms with Gasteiger partial charge in [-0.25, -0.2) is 0 Å². The molecule has 1 N–H and O–H groups in total. The first kappa shape index (κ1) is 15.9. The molecule has 1 spiro atoms. The van der Waals surface area contributed by atoms with Gasteiger partial charge in [0.05, 0.1) is 0 Å². The van der Waals surface area contributed by atoms with Crippen molar-refractivity contribution in [3.05, 3.63) is 0 Å². The highest BCUT2D eigenvalue weighted by molar-refractivity contribution is 4.99. The predicted molar refractivity (Wildman–Crippen MR) is 73.9 cm³/mol. The summed E-state index contributed by atoms with van der Waals surface area (Å²) in [5.41, 5.74) is 0.750. The van der Waals surface area contributed by atoms with Gasteiger partial charge in [-0.15, -0.1) is 0 Å². The van der Waals surface area contributed by atoms with Crippen molar-refractivity contribution in [2.75, 3.05) is 27.2 Å². The molecule has 98 valence electrons. The monoisotopic (exact) mass is 228 g/mol. The van der Waals surface area contributed by atoms with E-state index in [0.29, 0.717) is 0 Å². The number of nitrogens with zero attached hydrogens (tertiary/aromatic N) is 1. The van der Waals surface area contributed by atoms with Crippen molar-refractivity contribution in [3.8, 4) is 0 Å². The first-order valence-electron chi connectivity index (χ1n) is 7.10. The fraction of sp³-hybridized carbons (Fsp3) is 1.00. The molecule has 1 saturated carbocycles. The summed E-state index contributed by atoms with van der Waals surface area (Å²) in [4.78, 5) is 2.46. The third-order valence-electron chi connectivity index (χ3n) is 3.81. The molecule has 0 aromatic carbocycles. The Hall–Kier alpha value is -0.0800. The summed E-state index contributed by atoms with van der Waals surface area (Å²) in [6.45, 7) is 10.6. The predicted octanol–water partition coefficient (Wildman–Crippen LogP) is 3.13. The van der Waals surface area contributed by atoms with Crippen molar-refractivity contribution >= 4 is 0 Å². The summed E-state index contributed by atoms with van der Waals surface area (Å²) in [6.07, 6.45) is 5.72. The zero-order valence-electron chi connectivity index (χ0n) is 12.3. The van der Waals surface area contributed by atoms with E-state index in [0.717, 1.165) is 11.5 Å². The van der Waals surface area contributed by atoms with Crippen LogP contribution in [0.5, 0.6) is 0 Å². The molecule has 1 heterocycles. The number of hydrogen-bond donors (Lipinski definition) is 1. The molecule has 1 saturated heterocycles. The minimum Gasteiger partial charge on any atom is -0.317 e. The molecule has 0 radical (unpaired) electrons. The van der Waals surface area contributed by atoms with Gasteiger partial charge in [-0.2, -0.15) is 0 Å². The first-order valence-corrected chi connectivity index (χ1v) is 7.10. The lowest BCUT2D eigenvalue weighted by atomic mass is 9.60. The Morgan fingerprint density at radius 3 is 1.81 bits per heavy atom. The van der Waals surface area contributed by atoms with Crippen LogP contribution in [0.1, 0.15) is 53.4 Å². The molecule has 2 heteroatoms. The molecule has 1 aliphatic heterocycles. The molecular weight excluding hydrogens is 196 g/mol. The van der Waals surface area contributed by atoms with Crippen LogP contribution in [-0.2, 0) is 0 Å². The summed E-state index contributed by atoms with van der Waals surface area (Å²) in [6, 6.07) is 0.827. The maximum Gasteiger partial charge on any atom is 0.00746 e. The number of likely N-dealkylation sites (tertiary alicyclic amines) is 1. The van der Waals surface area contributed by atoms with Gasteiger partial charge in [0, 0.05) is 6.04 Å². The molecule has 0 aromatic heterocycles. The second-order valence-corrected chi connectivity index (χ2v) is 4.70. The molecule has 2 nitrogen and oxygen atoms in total. The minimum atomic E-state index is 0.750. The number of rotatable bonds is 1. The summed E-state index contributed by atoms with van der Waals surface area (Å²) in [7, 11) is 4.33. The molecular formula is C14H32N2. The zero-order valence-corrected chi connectivity index (χ0v) is 12.3. The topological polar surface area (TPSA) is 15.3 Å². The van der Waals surface area contributed by atoms with Crippen molar-refractivity contribution in [1.82, 2.24) is 10.2 Å². The summed E-state index contributed by atoms with van der Waals surface area (Å²) in [5, 5.41) is 3.37. The number of hydrogen-bond acceptors (Lipinski definition) is 2. The molecule has 16 heavy (non-hydrogen) atoms. The second kappa shape index (κ2) is 8.08. The van der Waals surface area contributed by atoms with Gasteiger partial charge in [-0.05, 0) is 58.3 Å². The van der Waals surface area contributed by atoms with E-state index in [1.807, 2.05) is 27.7 Å². The lowest BCUT2D eigenvalue weighted by molar-refractivity contribution is 0.0161. The van der Waals surface area contributed by atoms with E-state index in [1.54, 1.807) is 0 Å². The normalized spacial score (nSPS) is 23.6. The fourth-order valence-electron chi connectivity index (χ4n) is 2.69. The minimum absolute atomic E-state index is 0.750. The van der Waals surface area contributed by atoms with Gasteiger partial charge in [-0.1, -0.05) is 27.7 Å². The van der Waals surface area contributed by atoms with Crippen LogP contribution in [0.3, 0.4) is 0 Å². The standard InChI is InChI=1S/C10H20N2.2C2H6/c1-11-9-7-10(8-9)3-5-12(2)6-4-10;2*1-2/h9,11H,3-8H2,1-2H3;2*1-2H3. The first-order chi connectivity index (χ1) is 7.74. The molecule has 2 rings (SSSR count). The highest BCUT2D eigenvalue weighted by Gasteiger charge is 2.44. The fourth-order valence-corrected chi connectivity index (χ4v) is 2.69. The lowest BCUT2D eigenvalue weighted by Gasteiger charge is -2.51. The van der Waals surface area contributed by atoms with Gasteiger partial charge in [0.1, 0.15) is 0 Å². The van der Waals surface area contributed by atoms with E-state index in [1.165, 1.54) is 38.8 Å². The quantitative estimate of drug-likeness (QED) is 0.742. The summed E-state index contributed by atoms with van der Waals surface area (Å²) in [5.74, 6) is 0. The number of nitrogens with one attached hydrogen (secondary N) is 1. The van der Waals surface area contributed by atoms with Crippen molar-refractivity contribution in [2.24, 2.45) is 5.41 Å². The van der Waals surface area contributed by atoms with E-state index in [-0.39, 0.29) is 0 Å².